The molecule has 1 heterocycles. The zero-order valence-corrected chi connectivity index (χ0v) is 27.0. The minimum Gasteiger partial charge on any atom is -0.449 e. The van der Waals surface area contributed by atoms with E-state index in [-0.39, 0.29) is 30.5 Å². The minimum atomic E-state index is -1.56. The van der Waals surface area contributed by atoms with Gasteiger partial charge in [0.1, 0.15) is 10.9 Å². The van der Waals surface area contributed by atoms with Crippen LogP contribution < -0.4 is 16.4 Å². The Morgan fingerprint density at radius 2 is 1.71 bits per heavy atom. The van der Waals surface area contributed by atoms with Crippen LogP contribution in [0.15, 0.2) is 36.5 Å². The molecular formula is C28H37IN4O8S. The van der Waals surface area contributed by atoms with E-state index in [1.807, 2.05) is 28.7 Å². The number of methoxy groups -OCH3 is 2. The Balaban J connectivity index is 2.27. The molecule has 1 aromatic carbocycles. The molecule has 0 saturated heterocycles. The molecule has 4 atom stereocenters. The number of halogens is 1. The Morgan fingerprint density at radius 1 is 1.05 bits per heavy atom. The molecule has 0 unspecified atom stereocenters. The number of aryl methyl sites for hydroxylation is 1. The Morgan fingerprint density at radius 3 is 2.26 bits per heavy atom. The van der Waals surface area contributed by atoms with Crippen molar-refractivity contribution in [3.05, 3.63) is 52.0 Å². The molecule has 230 valence electrons. The average Bonchev–Trinajstić information content (AvgIpc) is 3.42. The number of nitrogens with two attached hydrogens (primary N) is 1. The van der Waals surface area contributed by atoms with Gasteiger partial charge in [-0.1, -0.05) is 52.9 Å². The van der Waals surface area contributed by atoms with Gasteiger partial charge < -0.3 is 30.6 Å². The van der Waals surface area contributed by atoms with Crippen molar-refractivity contribution in [2.24, 2.45) is 11.7 Å². The fraction of sp³-hybridized carbons (Fsp3) is 0.500. The van der Waals surface area contributed by atoms with Gasteiger partial charge >= 0.3 is 5.97 Å². The number of hydrogen-bond acceptors (Lipinski definition) is 11. The van der Waals surface area contributed by atoms with Crippen LogP contribution in [0.4, 0.5) is 0 Å². The summed E-state index contributed by atoms with van der Waals surface area (Å²) in [4.78, 5) is 69.6. The van der Waals surface area contributed by atoms with E-state index in [2.05, 4.69) is 15.6 Å². The van der Waals surface area contributed by atoms with Gasteiger partial charge in [-0.3, -0.25) is 24.0 Å². The van der Waals surface area contributed by atoms with Gasteiger partial charge in [-0.05, 0) is 25.8 Å². The Labute approximate surface area is 262 Å². The second kappa shape index (κ2) is 17.4. The van der Waals surface area contributed by atoms with Crippen molar-refractivity contribution in [2.45, 2.75) is 44.4 Å². The molecule has 0 saturated carbocycles. The van der Waals surface area contributed by atoms with Gasteiger partial charge in [0.2, 0.25) is 5.91 Å². The number of rotatable bonds is 18. The zero-order valence-electron chi connectivity index (χ0n) is 24.0. The molecule has 42 heavy (non-hydrogen) atoms. The summed E-state index contributed by atoms with van der Waals surface area (Å²) in [7, 11) is 2.78. The summed E-state index contributed by atoms with van der Waals surface area (Å²) in [6, 6.07) is 6.91. The first-order valence-electron chi connectivity index (χ1n) is 13.1. The Kier molecular flexibility index (Phi) is 14.6. The van der Waals surface area contributed by atoms with Gasteiger partial charge in [0.15, 0.2) is 17.2 Å². The van der Waals surface area contributed by atoms with Crippen LogP contribution in [0.3, 0.4) is 0 Å². The molecule has 2 amide bonds. The number of nitrogens with zero attached hydrogens (tertiary/aromatic N) is 1. The molecule has 2 rings (SSSR count). The van der Waals surface area contributed by atoms with Crippen LogP contribution in [0.5, 0.6) is 0 Å². The number of aromatic nitrogens is 1. The smallest absolute Gasteiger partial charge is 0.320 e. The zero-order chi connectivity index (χ0) is 31.3. The van der Waals surface area contributed by atoms with Gasteiger partial charge in [0.05, 0.1) is 42.9 Å². The number of amides is 2. The number of Topliss-reactive ketones (excluding diaryl/α,β-unsaturated/α-hetero) is 2. The number of ketones is 2. The third kappa shape index (κ3) is 10.5. The summed E-state index contributed by atoms with van der Waals surface area (Å²) in [6.45, 7) is 2.58. The molecule has 1 aromatic heterocycles. The number of carbonyl (C=O) groups is 5. The number of esters is 1. The Bertz CT molecular complexity index is 1230. The predicted octanol–water partition coefficient (Wildman–Crippen LogP) is 1.41. The number of thiazole rings is 1. The highest BCUT2D eigenvalue weighted by molar-refractivity contribution is 14.1. The SMILES string of the molecule is COC[C@H](CC(=O)[C@H](COC)NC(=O)c1cnc(C)s1)C(=O)N[C@@H](Cc1ccccc1)C(=O)[C@@](C)(CI)OC(=O)CN. The van der Waals surface area contributed by atoms with E-state index < -0.39 is 59.5 Å². The lowest BCUT2D eigenvalue weighted by molar-refractivity contribution is -0.162. The van der Waals surface area contributed by atoms with Crippen molar-refractivity contribution in [1.82, 2.24) is 15.6 Å². The second-order valence-electron chi connectivity index (χ2n) is 9.71. The summed E-state index contributed by atoms with van der Waals surface area (Å²) in [5.41, 5.74) is 4.61. The van der Waals surface area contributed by atoms with Crippen molar-refractivity contribution in [3.63, 3.8) is 0 Å². The maximum atomic E-state index is 13.7. The molecule has 0 aliphatic rings. The standard InChI is InChI=1S/C28H37IN4O8S/c1-17-31-13-23(42-17)27(38)33-21(15-40-4)22(34)11-19(14-39-3)26(37)32-20(10-18-8-6-5-7-9-18)25(36)28(2,16-29)41-24(35)12-30/h5-9,13,19-21H,10-12,14-16,30H2,1-4H3,(H,32,37)(H,33,38)/t19-,20-,21-,28+/m0/s1. The second-order valence-corrected chi connectivity index (χ2v) is 11.7. The quantitative estimate of drug-likeness (QED) is 0.116. The molecule has 2 aromatic rings. The largest absolute Gasteiger partial charge is 0.449 e. The molecule has 0 aliphatic carbocycles. The predicted molar refractivity (Wildman–Crippen MR) is 164 cm³/mol. The number of nitrogens with one attached hydrogen (secondary N) is 2. The maximum Gasteiger partial charge on any atom is 0.320 e. The summed E-state index contributed by atoms with van der Waals surface area (Å²) >= 11 is 3.12. The van der Waals surface area contributed by atoms with E-state index in [0.717, 1.165) is 5.56 Å². The molecule has 0 spiro atoms. The summed E-state index contributed by atoms with van der Waals surface area (Å²) < 4.78 is 15.9. The van der Waals surface area contributed by atoms with Crippen LogP contribution in [-0.4, -0.2) is 90.4 Å². The third-order valence-electron chi connectivity index (χ3n) is 6.26. The van der Waals surface area contributed by atoms with E-state index in [0.29, 0.717) is 9.88 Å². The first-order chi connectivity index (χ1) is 20.0. The Hall–Kier alpha value is -2.79. The molecule has 0 radical (unpaired) electrons. The van der Waals surface area contributed by atoms with E-state index in [1.54, 1.807) is 31.2 Å². The van der Waals surface area contributed by atoms with E-state index in [1.165, 1.54) is 38.7 Å². The number of benzene rings is 1. The summed E-state index contributed by atoms with van der Waals surface area (Å²) in [6.07, 6.45) is 1.23. The fourth-order valence-corrected chi connectivity index (χ4v) is 5.26. The van der Waals surface area contributed by atoms with Crippen molar-refractivity contribution >= 4 is 63.3 Å². The van der Waals surface area contributed by atoms with Crippen molar-refractivity contribution in [1.29, 1.82) is 0 Å². The molecule has 0 bridgehead atoms. The van der Waals surface area contributed by atoms with Crippen molar-refractivity contribution in [3.8, 4) is 0 Å². The number of hydrogen-bond donors (Lipinski definition) is 3. The lowest BCUT2D eigenvalue weighted by Crippen LogP contribution is -2.56. The molecular weight excluding hydrogens is 679 g/mol. The topological polar surface area (TPSA) is 176 Å². The van der Waals surface area contributed by atoms with Gasteiger partial charge in [0.25, 0.3) is 5.91 Å². The van der Waals surface area contributed by atoms with Crippen LogP contribution in [0.2, 0.25) is 0 Å². The molecule has 4 N–H and O–H groups in total. The van der Waals surface area contributed by atoms with Crippen LogP contribution >= 0.6 is 33.9 Å². The van der Waals surface area contributed by atoms with Crippen molar-refractivity contribution < 1.29 is 38.2 Å². The van der Waals surface area contributed by atoms with Crippen LogP contribution in [0.25, 0.3) is 0 Å². The monoisotopic (exact) mass is 716 g/mol. The first kappa shape index (κ1) is 35.4. The number of carbonyl (C=O) groups excluding carboxylic acids is 5. The van der Waals surface area contributed by atoms with Crippen molar-refractivity contribution in [2.75, 3.05) is 38.4 Å². The normalized spacial score (nSPS) is 14.6. The molecule has 0 aliphatic heterocycles. The highest BCUT2D eigenvalue weighted by Gasteiger charge is 2.42. The van der Waals surface area contributed by atoms with E-state index >= 15 is 0 Å². The number of ether oxygens (including phenoxy) is 3. The van der Waals surface area contributed by atoms with E-state index in [9.17, 15) is 24.0 Å². The van der Waals surface area contributed by atoms with E-state index in [4.69, 9.17) is 19.9 Å². The minimum absolute atomic E-state index is 0.112. The number of alkyl halides is 1. The van der Waals surface area contributed by atoms with Gasteiger partial charge in [0, 0.05) is 25.1 Å². The maximum absolute atomic E-state index is 13.7. The fourth-order valence-electron chi connectivity index (χ4n) is 4.04. The first-order valence-corrected chi connectivity index (χ1v) is 15.4. The average molecular weight is 717 g/mol. The van der Waals surface area contributed by atoms with Gasteiger partial charge in [-0.15, -0.1) is 11.3 Å². The third-order valence-corrected chi connectivity index (χ3v) is 8.62. The highest BCUT2D eigenvalue weighted by atomic mass is 127. The van der Waals surface area contributed by atoms with Crippen LogP contribution in [0.1, 0.15) is 33.6 Å². The summed E-state index contributed by atoms with van der Waals surface area (Å²) in [5, 5.41) is 6.10. The van der Waals surface area contributed by atoms with Crippen LogP contribution in [-0.2, 0) is 39.8 Å². The molecule has 12 nitrogen and oxygen atoms in total. The van der Waals surface area contributed by atoms with Gasteiger partial charge in [-0.2, -0.15) is 0 Å². The molecule has 0 fully saturated rings. The summed E-state index contributed by atoms with van der Waals surface area (Å²) in [5.74, 6) is -3.82. The lowest BCUT2D eigenvalue weighted by atomic mass is 9.91. The van der Waals surface area contributed by atoms with Gasteiger partial charge in [-0.25, -0.2) is 4.98 Å². The highest BCUT2D eigenvalue weighted by Crippen LogP contribution is 2.21. The van der Waals surface area contributed by atoms with Crippen LogP contribution in [0, 0.1) is 12.8 Å². The lowest BCUT2D eigenvalue weighted by Gasteiger charge is -2.31. The molecule has 14 heteroatoms.